The van der Waals surface area contributed by atoms with Crippen LogP contribution in [-0.2, 0) is 9.53 Å². The number of Topliss-reactive ketones (excluding diaryl/α,β-unsaturated/α-hetero) is 1. The van der Waals surface area contributed by atoms with Gasteiger partial charge < -0.3 is 4.74 Å². The number of carbonyl (C=O) groups is 2. The number of rotatable bonds is 4. The molecule has 2 saturated carbocycles. The number of fused-ring (bicyclic) bond motifs is 1. The molecule has 0 atom stereocenters. The molecule has 0 amide bonds. The first-order chi connectivity index (χ1) is 14.7. The van der Waals surface area contributed by atoms with E-state index in [1.165, 1.54) is 13.5 Å². The first-order valence-electron chi connectivity index (χ1n) is 10.7. The number of benzene rings is 1. The van der Waals surface area contributed by atoms with Crippen molar-refractivity contribution in [2.24, 2.45) is 0 Å². The van der Waals surface area contributed by atoms with Crippen LogP contribution >= 0.6 is 0 Å². The van der Waals surface area contributed by atoms with E-state index >= 15 is 0 Å². The molecular weight excluding hydrogens is 378 g/mol. The molecule has 0 bridgehead atoms. The van der Waals surface area contributed by atoms with Crippen LogP contribution in [0.4, 0.5) is 0 Å². The average Bonchev–Trinajstić information content (AvgIpc) is 3.11. The standard InChI is InChI=1S/C24H25N3O3/c1-30-24(29)20-14-19(15-10-12-18(28)13-11-15)21-22(16-6-5-7-16)26-27(23(21)25-20)17-8-3-2-4-9-17/h2-4,8-9,14-16H,5-7,10-13H2,1H3. The Kier molecular flexibility index (Phi) is 4.85. The van der Waals surface area contributed by atoms with E-state index < -0.39 is 5.97 Å². The number of methoxy groups -OCH3 is 1. The van der Waals surface area contributed by atoms with Crippen LogP contribution in [-0.4, -0.2) is 33.6 Å². The van der Waals surface area contributed by atoms with Gasteiger partial charge in [-0.25, -0.2) is 14.5 Å². The quantitative estimate of drug-likeness (QED) is 0.590. The van der Waals surface area contributed by atoms with Crippen LogP contribution in [0.2, 0.25) is 0 Å². The molecule has 2 aliphatic carbocycles. The summed E-state index contributed by atoms with van der Waals surface area (Å²) < 4.78 is 6.86. The number of para-hydroxylation sites is 1. The number of esters is 1. The van der Waals surface area contributed by atoms with E-state index in [9.17, 15) is 9.59 Å². The fraction of sp³-hybridized carbons (Fsp3) is 0.417. The van der Waals surface area contributed by atoms with Gasteiger partial charge in [0.2, 0.25) is 0 Å². The summed E-state index contributed by atoms with van der Waals surface area (Å²) in [6.07, 6.45) is 6.26. The van der Waals surface area contributed by atoms with Gasteiger partial charge in [0.1, 0.15) is 5.78 Å². The number of carbonyl (C=O) groups excluding carboxylic acids is 2. The predicted octanol–water partition coefficient (Wildman–Crippen LogP) is 4.70. The van der Waals surface area contributed by atoms with E-state index in [0.29, 0.717) is 35.9 Å². The van der Waals surface area contributed by atoms with E-state index in [4.69, 9.17) is 14.8 Å². The molecule has 0 unspecified atom stereocenters. The molecule has 2 fully saturated rings. The third-order valence-corrected chi connectivity index (χ3v) is 6.57. The first-order valence-corrected chi connectivity index (χ1v) is 10.7. The van der Waals surface area contributed by atoms with Crippen molar-refractivity contribution in [3.63, 3.8) is 0 Å². The molecule has 6 nitrogen and oxygen atoms in total. The Morgan fingerprint density at radius 1 is 1.07 bits per heavy atom. The Morgan fingerprint density at radius 2 is 1.80 bits per heavy atom. The van der Waals surface area contributed by atoms with Gasteiger partial charge in [-0.2, -0.15) is 5.10 Å². The summed E-state index contributed by atoms with van der Waals surface area (Å²) in [4.78, 5) is 29.0. The maximum atomic E-state index is 12.4. The lowest BCUT2D eigenvalue weighted by Gasteiger charge is -2.26. The Balaban J connectivity index is 1.77. The molecule has 5 rings (SSSR count). The van der Waals surface area contributed by atoms with Crippen molar-refractivity contribution >= 4 is 22.8 Å². The van der Waals surface area contributed by atoms with E-state index in [-0.39, 0.29) is 5.92 Å². The highest BCUT2D eigenvalue weighted by atomic mass is 16.5. The molecule has 0 radical (unpaired) electrons. The maximum absolute atomic E-state index is 12.4. The van der Waals surface area contributed by atoms with Gasteiger partial charge in [-0.15, -0.1) is 0 Å². The van der Waals surface area contributed by atoms with Gasteiger partial charge >= 0.3 is 5.97 Å². The second kappa shape index (κ2) is 7.67. The molecule has 0 N–H and O–H groups in total. The molecular formula is C24H25N3O3. The molecule has 2 heterocycles. The van der Waals surface area contributed by atoms with E-state index in [1.807, 2.05) is 41.1 Å². The lowest BCUT2D eigenvalue weighted by molar-refractivity contribution is -0.120. The highest BCUT2D eigenvalue weighted by molar-refractivity contribution is 5.93. The van der Waals surface area contributed by atoms with Crippen molar-refractivity contribution in [2.45, 2.75) is 56.8 Å². The van der Waals surface area contributed by atoms with Crippen LogP contribution in [0.15, 0.2) is 36.4 Å². The zero-order valence-corrected chi connectivity index (χ0v) is 17.1. The lowest BCUT2D eigenvalue weighted by atomic mass is 9.78. The summed E-state index contributed by atoms with van der Waals surface area (Å²) in [5.41, 5.74) is 4.10. The van der Waals surface area contributed by atoms with Crippen molar-refractivity contribution in [3.8, 4) is 5.69 Å². The van der Waals surface area contributed by atoms with Crippen LogP contribution in [0.1, 0.15) is 78.5 Å². The van der Waals surface area contributed by atoms with Crippen molar-refractivity contribution in [3.05, 3.63) is 53.3 Å². The van der Waals surface area contributed by atoms with Crippen molar-refractivity contribution in [1.82, 2.24) is 14.8 Å². The third kappa shape index (κ3) is 3.20. The van der Waals surface area contributed by atoms with Crippen LogP contribution in [0.25, 0.3) is 16.7 Å². The minimum atomic E-state index is -0.448. The first kappa shape index (κ1) is 19.0. The molecule has 30 heavy (non-hydrogen) atoms. The highest BCUT2D eigenvalue weighted by Gasteiger charge is 2.32. The maximum Gasteiger partial charge on any atom is 0.356 e. The molecule has 0 aliphatic heterocycles. The van der Waals surface area contributed by atoms with Gasteiger partial charge in [0.15, 0.2) is 11.3 Å². The van der Waals surface area contributed by atoms with E-state index in [2.05, 4.69) is 0 Å². The Labute approximate surface area is 175 Å². The number of hydrogen-bond acceptors (Lipinski definition) is 5. The molecule has 6 heteroatoms. The minimum absolute atomic E-state index is 0.226. The topological polar surface area (TPSA) is 74.1 Å². The van der Waals surface area contributed by atoms with Gasteiger partial charge in [0, 0.05) is 24.1 Å². The molecule has 3 aromatic rings. The van der Waals surface area contributed by atoms with Crippen LogP contribution in [0.5, 0.6) is 0 Å². The van der Waals surface area contributed by atoms with Gasteiger partial charge in [0.25, 0.3) is 0 Å². The van der Waals surface area contributed by atoms with Crippen LogP contribution in [0, 0.1) is 0 Å². The largest absolute Gasteiger partial charge is 0.464 e. The number of aromatic nitrogens is 3. The summed E-state index contributed by atoms with van der Waals surface area (Å²) in [7, 11) is 1.38. The van der Waals surface area contributed by atoms with Gasteiger partial charge in [0.05, 0.1) is 18.5 Å². The van der Waals surface area contributed by atoms with Crippen molar-refractivity contribution in [1.29, 1.82) is 0 Å². The number of ketones is 1. The van der Waals surface area contributed by atoms with E-state index in [1.54, 1.807) is 0 Å². The monoisotopic (exact) mass is 403 g/mol. The van der Waals surface area contributed by atoms with Crippen molar-refractivity contribution in [2.75, 3.05) is 7.11 Å². The summed E-state index contributed by atoms with van der Waals surface area (Å²) in [5, 5.41) is 6.08. The summed E-state index contributed by atoms with van der Waals surface area (Å²) in [6, 6.07) is 11.8. The van der Waals surface area contributed by atoms with Crippen LogP contribution < -0.4 is 0 Å². The predicted molar refractivity (Wildman–Crippen MR) is 113 cm³/mol. The highest BCUT2D eigenvalue weighted by Crippen LogP contribution is 2.43. The normalized spacial score (nSPS) is 17.8. The molecule has 2 aliphatic rings. The Bertz CT molecular complexity index is 1110. The number of hydrogen-bond donors (Lipinski definition) is 0. The smallest absolute Gasteiger partial charge is 0.356 e. The molecule has 0 saturated heterocycles. The van der Waals surface area contributed by atoms with Crippen molar-refractivity contribution < 1.29 is 14.3 Å². The minimum Gasteiger partial charge on any atom is -0.464 e. The number of pyridine rings is 1. The Morgan fingerprint density at radius 3 is 2.43 bits per heavy atom. The molecule has 2 aromatic heterocycles. The summed E-state index contributed by atoms with van der Waals surface area (Å²) in [6.45, 7) is 0. The lowest BCUT2D eigenvalue weighted by Crippen LogP contribution is -2.15. The molecule has 154 valence electrons. The van der Waals surface area contributed by atoms with Crippen LogP contribution in [0.3, 0.4) is 0 Å². The fourth-order valence-electron chi connectivity index (χ4n) is 4.67. The zero-order valence-electron chi connectivity index (χ0n) is 17.1. The fourth-order valence-corrected chi connectivity index (χ4v) is 4.67. The average molecular weight is 403 g/mol. The van der Waals surface area contributed by atoms with Gasteiger partial charge in [-0.05, 0) is 55.4 Å². The third-order valence-electron chi connectivity index (χ3n) is 6.57. The molecule has 1 aromatic carbocycles. The van der Waals surface area contributed by atoms with Gasteiger partial charge in [-0.3, -0.25) is 4.79 Å². The Hall–Kier alpha value is -3.02. The SMILES string of the molecule is COC(=O)c1cc(C2CCC(=O)CC2)c2c(C3CCC3)nn(-c3ccccc3)c2n1. The summed E-state index contributed by atoms with van der Waals surface area (Å²) in [5.74, 6) is 0.524. The van der Waals surface area contributed by atoms with E-state index in [0.717, 1.165) is 48.0 Å². The second-order valence-electron chi connectivity index (χ2n) is 8.36. The number of nitrogens with zero attached hydrogens (tertiary/aromatic N) is 3. The second-order valence-corrected chi connectivity index (χ2v) is 8.36. The summed E-state index contributed by atoms with van der Waals surface area (Å²) >= 11 is 0. The van der Waals surface area contributed by atoms with Gasteiger partial charge in [-0.1, -0.05) is 24.6 Å². The zero-order chi connectivity index (χ0) is 20.7. The number of ether oxygens (including phenoxy) is 1. The molecule has 0 spiro atoms.